The molecule has 1 nitrogen and oxygen atoms in total. The van der Waals surface area contributed by atoms with Gasteiger partial charge in [-0.3, -0.25) is 4.79 Å². The summed E-state index contributed by atoms with van der Waals surface area (Å²) in [5.74, 6) is 3.29. The van der Waals surface area contributed by atoms with Gasteiger partial charge >= 0.3 is 0 Å². The largest absolute Gasteiger partial charge is 0.299 e. The summed E-state index contributed by atoms with van der Waals surface area (Å²) in [6.07, 6.45) is 6.56. The van der Waals surface area contributed by atoms with E-state index in [1.165, 1.54) is 32.1 Å². The number of Topliss-reactive ketones (excluding diaryl/α,β-unsaturated/α-hetero) is 1. The molecule has 1 heteroatoms. The van der Waals surface area contributed by atoms with E-state index in [4.69, 9.17) is 0 Å². The van der Waals surface area contributed by atoms with Crippen LogP contribution < -0.4 is 0 Å². The summed E-state index contributed by atoms with van der Waals surface area (Å²) in [5, 5.41) is 0. The van der Waals surface area contributed by atoms with Crippen molar-refractivity contribution < 1.29 is 4.79 Å². The third kappa shape index (κ3) is 0.646. The van der Waals surface area contributed by atoms with Gasteiger partial charge in [-0.05, 0) is 43.9 Å². The highest BCUT2D eigenvalue weighted by atomic mass is 16.1. The molecule has 0 aromatic rings. The Morgan fingerprint density at radius 2 is 1.45 bits per heavy atom. The smallest absolute Gasteiger partial charge is 0.139 e. The lowest BCUT2D eigenvalue weighted by Crippen LogP contribution is -2.28. The van der Waals surface area contributed by atoms with Crippen LogP contribution in [0.2, 0.25) is 0 Å². The summed E-state index contributed by atoms with van der Waals surface area (Å²) in [6, 6.07) is 0. The first kappa shape index (κ1) is 6.22. The Hall–Kier alpha value is -0.330. The number of hydrogen-bond acceptors (Lipinski definition) is 1. The van der Waals surface area contributed by atoms with Crippen LogP contribution in [0.5, 0.6) is 0 Å². The molecular formula is C10H14O. The highest BCUT2D eigenvalue weighted by molar-refractivity contribution is 5.87. The zero-order valence-corrected chi connectivity index (χ0v) is 6.75. The number of rotatable bonds is 0. The van der Waals surface area contributed by atoms with Crippen molar-refractivity contribution in [3.63, 3.8) is 0 Å². The second-order valence-corrected chi connectivity index (χ2v) is 4.53. The molecular weight excluding hydrogens is 136 g/mol. The first-order valence-electron chi connectivity index (χ1n) is 4.90. The molecule has 60 valence electrons. The van der Waals surface area contributed by atoms with E-state index in [0.29, 0.717) is 17.6 Å². The van der Waals surface area contributed by atoms with Gasteiger partial charge in [-0.15, -0.1) is 0 Å². The van der Waals surface area contributed by atoms with E-state index in [9.17, 15) is 4.79 Å². The van der Waals surface area contributed by atoms with Crippen LogP contribution in [0.4, 0.5) is 0 Å². The molecule has 3 rings (SSSR count). The van der Waals surface area contributed by atoms with Gasteiger partial charge in [0, 0.05) is 11.8 Å². The van der Waals surface area contributed by atoms with E-state index >= 15 is 0 Å². The second-order valence-electron chi connectivity index (χ2n) is 4.53. The molecule has 11 heavy (non-hydrogen) atoms. The van der Waals surface area contributed by atoms with Crippen molar-refractivity contribution in [2.75, 3.05) is 0 Å². The summed E-state index contributed by atoms with van der Waals surface area (Å²) in [5.41, 5.74) is 0. The maximum absolute atomic E-state index is 11.6. The SMILES string of the molecule is O=C1[C@H]2CC[C@@H]1[C@H]1CC[C@@H]2C1. The number of hydrogen-bond donors (Lipinski definition) is 0. The predicted molar refractivity (Wildman–Crippen MR) is 42.1 cm³/mol. The van der Waals surface area contributed by atoms with Gasteiger partial charge in [0.05, 0.1) is 0 Å². The van der Waals surface area contributed by atoms with Crippen LogP contribution in [0.15, 0.2) is 0 Å². The van der Waals surface area contributed by atoms with Gasteiger partial charge in [-0.2, -0.15) is 0 Å². The first-order chi connectivity index (χ1) is 5.36. The van der Waals surface area contributed by atoms with Crippen LogP contribution in [0.3, 0.4) is 0 Å². The molecule has 0 heterocycles. The maximum atomic E-state index is 11.6. The van der Waals surface area contributed by atoms with Crippen LogP contribution in [-0.4, -0.2) is 5.78 Å². The quantitative estimate of drug-likeness (QED) is 0.516. The first-order valence-corrected chi connectivity index (χ1v) is 4.90. The molecule has 0 amide bonds. The van der Waals surface area contributed by atoms with Crippen LogP contribution in [0.1, 0.15) is 32.1 Å². The number of ketones is 1. The van der Waals surface area contributed by atoms with Crippen molar-refractivity contribution in [2.45, 2.75) is 32.1 Å². The summed E-state index contributed by atoms with van der Waals surface area (Å²) in [7, 11) is 0. The van der Waals surface area contributed by atoms with Crippen molar-refractivity contribution in [1.82, 2.24) is 0 Å². The third-order valence-electron chi connectivity index (χ3n) is 4.17. The molecule has 4 bridgehead atoms. The fraction of sp³-hybridized carbons (Fsp3) is 0.900. The van der Waals surface area contributed by atoms with Crippen molar-refractivity contribution in [2.24, 2.45) is 23.7 Å². The molecule has 0 saturated heterocycles. The lowest BCUT2D eigenvalue weighted by Gasteiger charge is -2.24. The third-order valence-corrected chi connectivity index (χ3v) is 4.17. The number of fused-ring (bicyclic) bond motifs is 6. The van der Waals surface area contributed by atoms with Crippen LogP contribution in [0.25, 0.3) is 0 Å². The Balaban J connectivity index is 2.03. The Bertz CT molecular complexity index is 189. The monoisotopic (exact) mass is 150 g/mol. The molecule has 3 saturated carbocycles. The van der Waals surface area contributed by atoms with Gasteiger partial charge in [-0.1, -0.05) is 0 Å². The lowest BCUT2D eigenvalue weighted by molar-refractivity contribution is -0.128. The van der Waals surface area contributed by atoms with Crippen LogP contribution in [-0.2, 0) is 4.79 Å². The minimum atomic E-state index is 0.513. The summed E-state index contributed by atoms with van der Waals surface area (Å²) in [4.78, 5) is 11.6. The molecule has 0 aromatic heterocycles. The molecule has 0 aromatic carbocycles. The highest BCUT2D eigenvalue weighted by Gasteiger charge is 2.50. The zero-order valence-electron chi connectivity index (χ0n) is 6.75. The predicted octanol–water partition coefficient (Wildman–Crippen LogP) is 2.01. The lowest BCUT2D eigenvalue weighted by atomic mass is 9.79. The van der Waals surface area contributed by atoms with Gasteiger partial charge < -0.3 is 0 Å². The zero-order chi connectivity index (χ0) is 7.42. The van der Waals surface area contributed by atoms with Gasteiger partial charge in [0.2, 0.25) is 0 Å². The van der Waals surface area contributed by atoms with E-state index in [1.54, 1.807) is 0 Å². The number of carbonyl (C=O) groups is 1. The average Bonchev–Trinajstić information content (AvgIpc) is 2.42. The summed E-state index contributed by atoms with van der Waals surface area (Å²) < 4.78 is 0. The molecule has 0 radical (unpaired) electrons. The van der Waals surface area contributed by atoms with Gasteiger partial charge in [0.1, 0.15) is 5.78 Å². The highest BCUT2D eigenvalue weighted by Crippen LogP contribution is 2.53. The topological polar surface area (TPSA) is 17.1 Å². The van der Waals surface area contributed by atoms with Crippen molar-refractivity contribution >= 4 is 5.78 Å². The van der Waals surface area contributed by atoms with Crippen molar-refractivity contribution in [3.8, 4) is 0 Å². The molecule has 3 aliphatic carbocycles. The maximum Gasteiger partial charge on any atom is 0.139 e. The molecule has 4 atom stereocenters. The molecule has 0 N–H and O–H groups in total. The summed E-state index contributed by atoms with van der Waals surface area (Å²) >= 11 is 0. The molecule has 0 unspecified atom stereocenters. The Morgan fingerprint density at radius 3 is 2.00 bits per heavy atom. The van der Waals surface area contributed by atoms with Crippen molar-refractivity contribution in [1.29, 1.82) is 0 Å². The number of carbonyl (C=O) groups excluding carboxylic acids is 1. The Morgan fingerprint density at radius 1 is 0.909 bits per heavy atom. The standard InChI is InChI=1S/C10H14O/c11-10-8-3-4-9(10)7-2-1-6(8)5-7/h6-9H,1-5H2/t6-,7+,8+,9-. The van der Waals surface area contributed by atoms with E-state index in [1.807, 2.05) is 0 Å². The Kier molecular flexibility index (Phi) is 1.06. The van der Waals surface area contributed by atoms with Gasteiger partial charge in [0.15, 0.2) is 0 Å². The van der Waals surface area contributed by atoms with Gasteiger partial charge in [-0.25, -0.2) is 0 Å². The molecule has 0 spiro atoms. The Labute approximate surface area is 67.2 Å². The fourth-order valence-corrected chi connectivity index (χ4v) is 3.64. The van der Waals surface area contributed by atoms with E-state index in [0.717, 1.165) is 11.8 Å². The summed E-state index contributed by atoms with van der Waals surface area (Å²) in [6.45, 7) is 0. The minimum absolute atomic E-state index is 0.513. The van der Waals surface area contributed by atoms with E-state index < -0.39 is 0 Å². The minimum Gasteiger partial charge on any atom is -0.299 e. The van der Waals surface area contributed by atoms with Gasteiger partial charge in [0.25, 0.3) is 0 Å². The van der Waals surface area contributed by atoms with Crippen LogP contribution >= 0.6 is 0 Å². The average molecular weight is 150 g/mol. The molecule has 3 aliphatic rings. The molecule has 3 fully saturated rings. The fourth-order valence-electron chi connectivity index (χ4n) is 3.64. The second kappa shape index (κ2) is 1.88. The van der Waals surface area contributed by atoms with Crippen LogP contribution in [0, 0.1) is 23.7 Å². The normalized spacial score (nSPS) is 53.6. The molecule has 0 aliphatic heterocycles. The van der Waals surface area contributed by atoms with Crippen molar-refractivity contribution in [3.05, 3.63) is 0 Å². The van der Waals surface area contributed by atoms with E-state index in [-0.39, 0.29) is 0 Å². The van der Waals surface area contributed by atoms with E-state index in [2.05, 4.69) is 0 Å².